The Morgan fingerprint density at radius 3 is 2.52 bits per heavy atom. The van der Waals surface area contributed by atoms with E-state index in [1.165, 1.54) is 24.0 Å². The molecule has 4 rings (SSSR count). The molecule has 0 spiro atoms. The zero-order valence-corrected chi connectivity index (χ0v) is 13.6. The highest BCUT2D eigenvalue weighted by Crippen LogP contribution is 2.31. The molecule has 1 aromatic carbocycles. The molecule has 5 nitrogen and oxygen atoms in total. The Bertz CT molecular complexity index is 830. The van der Waals surface area contributed by atoms with Gasteiger partial charge >= 0.3 is 0 Å². The standard InChI is InChI=1S/C18H21N5/c1-13-5-3-4-6-16(13)15-9-11-22(12-10-15)18-8-7-17-20-19-14(2)23(17)21-18/h3-8,15H,9-12H2,1-2H3. The molecule has 0 radical (unpaired) electrons. The lowest BCUT2D eigenvalue weighted by Crippen LogP contribution is -2.34. The van der Waals surface area contributed by atoms with Gasteiger partial charge in [0.25, 0.3) is 0 Å². The highest BCUT2D eigenvalue weighted by atomic mass is 15.4. The Morgan fingerprint density at radius 2 is 1.74 bits per heavy atom. The zero-order valence-electron chi connectivity index (χ0n) is 13.6. The molecule has 0 atom stereocenters. The molecule has 0 N–H and O–H groups in total. The fraction of sp³-hybridized carbons (Fsp3) is 0.389. The maximum Gasteiger partial charge on any atom is 0.178 e. The largest absolute Gasteiger partial charge is 0.355 e. The summed E-state index contributed by atoms with van der Waals surface area (Å²) >= 11 is 0. The van der Waals surface area contributed by atoms with E-state index >= 15 is 0 Å². The fourth-order valence-electron chi connectivity index (χ4n) is 3.52. The number of hydrogen-bond donors (Lipinski definition) is 0. The molecule has 5 heteroatoms. The maximum absolute atomic E-state index is 4.69. The number of hydrogen-bond acceptors (Lipinski definition) is 4. The summed E-state index contributed by atoms with van der Waals surface area (Å²) in [5, 5.41) is 12.9. The molecule has 2 aromatic heterocycles. The normalized spacial score (nSPS) is 16.2. The lowest BCUT2D eigenvalue weighted by Gasteiger charge is -2.33. The summed E-state index contributed by atoms with van der Waals surface area (Å²) in [6, 6.07) is 12.8. The van der Waals surface area contributed by atoms with Gasteiger partial charge in [0.2, 0.25) is 0 Å². The third kappa shape index (κ3) is 2.56. The van der Waals surface area contributed by atoms with Gasteiger partial charge in [0.15, 0.2) is 11.5 Å². The van der Waals surface area contributed by atoms with Crippen molar-refractivity contribution in [1.82, 2.24) is 19.8 Å². The van der Waals surface area contributed by atoms with Crippen LogP contribution in [0.2, 0.25) is 0 Å². The Labute approximate surface area is 136 Å². The molecule has 0 bridgehead atoms. The molecule has 1 aliphatic rings. The topological polar surface area (TPSA) is 46.3 Å². The molecule has 3 heterocycles. The van der Waals surface area contributed by atoms with E-state index in [1.807, 2.05) is 17.5 Å². The SMILES string of the molecule is Cc1ccccc1C1CCN(c2ccc3nnc(C)n3n2)CC1. The van der Waals surface area contributed by atoms with Gasteiger partial charge in [-0.2, -0.15) is 4.52 Å². The zero-order chi connectivity index (χ0) is 15.8. The van der Waals surface area contributed by atoms with Crippen LogP contribution in [0.25, 0.3) is 5.65 Å². The van der Waals surface area contributed by atoms with Crippen molar-refractivity contribution in [2.45, 2.75) is 32.6 Å². The van der Waals surface area contributed by atoms with Crippen molar-refractivity contribution in [2.75, 3.05) is 18.0 Å². The fourth-order valence-corrected chi connectivity index (χ4v) is 3.52. The van der Waals surface area contributed by atoms with Crippen LogP contribution in [0.1, 0.15) is 35.7 Å². The summed E-state index contributed by atoms with van der Waals surface area (Å²) in [4.78, 5) is 2.37. The molecule has 1 aliphatic heterocycles. The van der Waals surface area contributed by atoms with E-state index in [1.54, 1.807) is 0 Å². The Hall–Kier alpha value is -2.43. The van der Waals surface area contributed by atoms with Crippen molar-refractivity contribution in [2.24, 2.45) is 0 Å². The number of piperidine rings is 1. The van der Waals surface area contributed by atoms with Gasteiger partial charge in [-0.1, -0.05) is 24.3 Å². The van der Waals surface area contributed by atoms with Crippen LogP contribution in [-0.2, 0) is 0 Å². The average Bonchev–Trinajstić information content (AvgIpc) is 2.96. The first kappa shape index (κ1) is 14.2. The van der Waals surface area contributed by atoms with Gasteiger partial charge in [-0.25, -0.2) is 0 Å². The van der Waals surface area contributed by atoms with Crippen molar-refractivity contribution in [3.63, 3.8) is 0 Å². The van der Waals surface area contributed by atoms with Crippen molar-refractivity contribution < 1.29 is 0 Å². The third-order valence-electron chi connectivity index (χ3n) is 4.85. The molecule has 3 aromatic rings. The lowest BCUT2D eigenvalue weighted by molar-refractivity contribution is 0.499. The highest BCUT2D eigenvalue weighted by molar-refractivity contribution is 5.46. The van der Waals surface area contributed by atoms with E-state index in [9.17, 15) is 0 Å². The van der Waals surface area contributed by atoms with Crippen LogP contribution in [0.15, 0.2) is 36.4 Å². The molecule has 0 aliphatic carbocycles. The van der Waals surface area contributed by atoms with Gasteiger partial charge in [0.1, 0.15) is 5.82 Å². The van der Waals surface area contributed by atoms with Gasteiger partial charge in [-0.3, -0.25) is 0 Å². The molecule has 23 heavy (non-hydrogen) atoms. The van der Waals surface area contributed by atoms with E-state index in [0.29, 0.717) is 5.92 Å². The Morgan fingerprint density at radius 1 is 0.957 bits per heavy atom. The predicted molar refractivity (Wildman–Crippen MR) is 90.9 cm³/mol. The smallest absolute Gasteiger partial charge is 0.178 e. The van der Waals surface area contributed by atoms with Crippen molar-refractivity contribution in [3.8, 4) is 0 Å². The quantitative estimate of drug-likeness (QED) is 0.730. The minimum Gasteiger partial charge on any atom is -0.355 e. The highest BCUT2D eigenvalue weighted by Gasteiger charge is 2.22. The van der Waals surface area contributed by atoms with Crippen LogP contribution in [0, 0.1) is 13.8 Å². The van der Waals surface area contributed by atoms with Crippen LogP contribution in [0.4, 0.5) is 5.82 Å². The van der Waals surface area contributed by atoms with E-state index in [-0.39, 0.29) is 0 Å². The summed E-state index contributed by atoms with van der Waals surface area (Å²) in [5.74, 6) is 2.51. The monoisotopic (exact) mass is 307 g/mol. The third-order valence-corrected chi connectivity index (χ3v) is 4.85. The predicted octanol–water partition coefficient (Wildman–Crippen LogP) is 3.13. The molecule has 1 fully saturated rings. The molecule has 1 saturated heterocycles. The van der Waals surface area contributed by atoms with Gasteiger partial charge in [-0.15, -0.1) is 15.3 Å². The van der Waals surface area contributed by atoms with E-state index in [0.717, 1.165) is 30.4 Å². The van der Waals surface area contributed by atoms with Gasteiger partial charge in [0.05, 0.1) is 0 Å². The summed E-state index contributed by atoms with van der Waals surface area (Å²) in [6.45, 7) is 6.23. The van der Waals surface area contributed by atoms with Crippen molar-refractivity contribution in [1.29, 1.82) is 0 Å². The summed E-state index contributed by atoms with van der Waals surface area (Å²) < 4.78 is 1.82. The van der Waals surface area contributed by atoms with Crippen LogP contribution in [0.5, 0.6) is 0 Å². The second kappa shape index (κ2) is 5.65. The number of aromatic nitrogens is 4. The first-order valence-corrected chi connectivity index (χ1v) is 8.22. The van der Waals surface area contributed by atoms with Crippen molar-refractivity contribution >= 4 is 11.5 Å². The van der Waals surface area contributed by atoms with Crippen LogP contribution >= 0.6 is 0 Å². The molecule has 118 valence electrons. The molecule has 0 saturated carbocycles. The Kier molecular flexibility index (Phi) is 3.48. The maximum atomic E-state index is 4.69. The van der Waals surface area contributed by atoms with Gasteiger partial charge < -0.3 is 4.90 Å². The first-order chi connectivity index (χ1) is 11.2. The van der Waals surface area contributed by atoms with Crippen LogP contribution < -0.4 is 4.90 Å². The Balaban J connectivity index is 1.52. The number of anilines is 1. The average molecular weight is 307 g/mol. The minimum atomic E-state index is 0.660. The number of aryl methyl sites for hydroxylation is 2. The van der Waals surface area contributed by atoms with E-state index in [2.05, 4.69) is 52.4 Å². The second-order valence-electron chi connectivity index (χ2n) is 6.33. The second-order valence-corrected chi connectivity index (χ2v) is 6.33. The van der Waals surface area contributed by atoms with Gasteiger partial charge in [0, 0.05) is 13.1 Å². The van der Waals surface area contributed by atoms with E-state index < -0.39 is 0 Å². The first-order valence-electron chi connectivity index (χ1n) is 8.22. The van der Waals surface area contributed by atoms with Gasteiger partial charge in [-0.05, 0) is 55.9 Å². The summed E-state index contributed by atoms with van der Waals surface area (Å²) in [6.07, 6.45) is 2.34. The van der Waals surface area contributed by atoms with Crippen LogP contribution in [-0.4, -0.2) is 32.9 Å². The van der Waals surface area contributed by atoms with Crippen molar-refractivity contribution in [3.05, 3.63) is 53.3 Å². The molecule has 0 amide bonds. The summed E-state index contributed by atoms with van der Waals surface area (Å²) in [7, 11) is 0. The molecule has 0 unspecified atom stereocenters. The summed E-state index contributed by atoms with van der Waals surface area (Å²) in [5.41, 5.74) is 3.72. The van der Waals surface area contributed by atoms with Crippen LogP contribution in [0.3, 0.4) is 0 Å². The number of benzene rings is 1. The number of fused-ring (bicyclic) bond motifs is 1. The number of nitrogens with zero attached hydrogens (tertiary/aromatic N) is 5. The molecular weight excluding hydrogens is 286 g/mol. The minimum absolute atomic E-state index is 0.660. The van der Waals surface area contributed by atoms with E-state index in [4.69, 9.17) is 5.10 Å². The number of rotatable bonds is 2. The lowest BCUT2D eigenvalue weighted by atomic mass is 9.87. The molecular formula is C18H21N5.